The van der Waals surface area contributed by atoms with Crippen LogP contribution in [-0.2, 0) is 6.42 Å². The highest BCUT2D eigenvalue weighted by Gasteiger charge is 2.16. The molecule has 2 nitrogen and oxygen atoms in total. The van der Waals surface area contributed by atoms with Crippen molar-refractivity contribution in [3.05, 3.63) is 67.8 Å². The second-order valence-electron chi connectivity index (χ2n) is 4.32. The molecule has 2 aromatic rings. The van der Waals surface area contributed by atoms with Gasteiger partial charge in [0.25, 0.3) is 0 Å². The summed E-state index contributed by atoms with van der Waals surface area (Å²) in [5.74, 6) is 4.89. The van der Waals surface area contributed by atoms with Gasteiger partial charge >= 0.3 is 0 Å². The van der Waals surface area contributed by atoms with Gasteiger partial charge in [0.2, 0.25) is 0 Å². The molecule has 2 aromatic carbocycles. The first-order valence-electron chi connectivity index (χ1n) is 5.86. The minimum atomic E-state index is -0.341. The Labute approximate surface area is 134 Å². The summed E-state index contributed by atoms with van der Waals surface area (Å²) in [4.78, 5) is 0. The molecular formula is C14H12ClF2IN2. The molecule has 0 aromatic heterocycles. The van der Waals surface area contributed by atoms with E-state index in [2.05, 4.69) is 5.43 Å². The largest absolute Gasteiger partial charge is 0.271 e. The maximum Gasteiger partial charge on any atom is 0.126 e. The van der Waals surface area contributed by atoms with Crippen molar-refractivity contribution in [1.82, 2.24) is 5.43 Å². The molecule has 0 aliphatic carbocycles. The van der Waals surface area contributed by atoms with Gasteiger partial charge < -0.3 is 0 Å². The molecule has 0 fully saturated rings. The molecule has 0 bridgehead atoms. The molecule has 0 radical (unpaired) electrons. The normalized spacial score (nSPS) is 12.4. The standard InChI is InChI=1S/C14H12ClF2IN2/c15-9-1-4-12(17)8(5-9)6-14(20-19)11-3-2-10(16)7-13(11)18/h1-5,7,14,20H,6,19H2. The summed E-state index contributed by atoms with van der Waals surface area (Å²) in [6.45, 7) is 0. The lowest BCUT2D eigenvalue weighted by molar-refractivity contribution is 0.525. The molecule has 2 rings (SSSR count). The van der Waals surface area contributed by atoms with Gasteiger partial charge in [0.05, 0.1) is 6.04 Å². The maximum atomic E-state index is 13.8. The van der Waals surface area contributed by atoms with Crippen molar-refractivity contribution in [3.8, 4) is 0 Å². The average Bonchev–Trinajstić information content (AvgIpc) is 2.40. The predicted octanol–water partition coefficient (Wildman–Crippen LogP) is 3.97. The molecule has 1 atom stereocenters. The van der Waals surface area contributed by atoms with E-state index in [1.807, 2.05) is 22.6 Å². The zero-order chi connectivity index (χ0) is 14.7. The summed E-state index contributed by atoms with van der Waals surface area (Å²) in [7, 11) is 0. The Morgan fingerprint density at radius 1 is 1.20 bits per heavy atom. The third kappa shape index (κ3) is 3.66. The van der Waals surface area contributed by atoms with Crippen LogP contribution in [0.5, 0.6) is 0 Å². The monoisotopic (exact) mass is 408 g/mol. The van der Waals surface area contributed by atoms with Crippen molar-refractivity contribution in [1.29, 1.82) is 0 Å². The Balaban J connectivity index is 2.31. The second-order valence-corrected chi connectivity index (χ2v) is 5.92. The lowest BCUT2D eigenvalue weighted by Crippen LogP contribution is -2.30. The maximum absolute atomic E-state index is 13.8. The van der Waals surface area contributed by atoms with Gasteiger partial charge in [-0.25, -0.2) is 8.78 Å². The van der Waals surface area contributed by atoms with Crippen LogP contribution in [0.4, 0.5) is 8.78 Å². The Morgan fingerprint density at radius 2 is 1.95 bits per heavy atom. The van der Waals surface area contributed by atoms with E-state index in [0.29, 0.717) is 17.0 Å². The zero-order valence-electron chi connectivity index (χ0n) is 10.3. The van der Waals surface area contributed by atoms with E-state index in [4.69, 9.17) is 17.4 Å². The van der Waals surface area contributed by atoms with Gasteiger partial charge in [-0.05, 0) is 70.5 Å². The van der Waals surface area contributed by atoms with E-state index in [1.54, 1.807) is 12.1 Å². The van der Waals surface area contributed by atoms with E-state index in [0.717, 1.165) is 9.13 Å². The van der Waals surface area contributed by atoms with Gasteiger partial charge in [-0.1, -0.05) is 17.7 Å². The fourth-order valence-corrected chi connectivity index (χ4v) is 3.01. The number of hydrogen-bond acceptors (Lipinski definition) is 2. The molecule has 0 aliphatic heterocycles. The molecule has 0 saturated carbocycles. The van der Waals surface area contributed by atoms with Gasteiger partial charge in [-0.2, -0.15) is 0 Å². The minimum absolute atomic E-state index is 0.317. The molecular weight excluding hydrogens is 397 g/mol. The van der Waals surface area contributed by atoms with Gasteiger partial charge in [0, 0.05) is 8.59 Å². The molecule has 106 valence electrons. The third-order valence-electron chi connectivity index (χ3n) is 2.97. The quantitative estimate of drug-likeness (QED) is 0.456. The summed E-state index contributed by atoms with van der Waals surface area (Å²) >= 11 is 7.90. The van der Waals surface area contributed by atoms with E-state index in [-0.39, 0.29) is 17.7 Å². The Hall–Kier alpha value is -0.760. The smallest absolute Gasteiger partial charge is 0.126 e. The molecule has 6 heteroatoms. The Bertz CT molecular complexity index is 622. The van der Waals surface area contributed by atoms with Crippen molar-refractivity contribution in [2.24, 2.45) is 5.84 Å². The van der Waals surface area contributed by atoms with Crippen molar-refractivity contribution in [2.75, 3.05) is 0 Å². The molecule has 3 N–H and O–H groups in total. The highest BCUT2D eigenvalue weighted by Crippen LogP contribution is 2.26. The predicted molar refractivity (Wildman–Crippen MR) is 84.3 cm³/mol. The molecule has 1 unspecified atom stereocenters. The summed E-state index contributed by atoms with van der Waals surface area (Å²) in [5, 5.41) is 0.464. The summed E-state index contributed by atoms with van der Waals surface area (Å²) in [5.41, 5.74) is 3.91. The van der Waals surface area contributed by atoms with Crippen LogP contribution in [0, 0.1) is 15.2 Å². The number of nitrogens with two attached hydrogens (primary N) is 1. The van der Waals surface area contributed by atoms with E-state index < -0.39 is 0 Å². The summed E-state index contributed by atoms with van der Waals surface area (Å²) in [6.07, 6.45) is 0.324. The molecule has 20 heavy (non-hydrogen) atoms. The highest BCUT2D eigenvalue weighted by atomic mass is 127. The van der Waals surface area contributed by atoms with E-state index in [9.17, 15) is 8.78 Å². The first kappa shape index (κ1) is 15.6. The molecule has 0 aliphatic rings. The SMILES string of the molecule is NNC(Cc1cc(Cl)ccc1F)c1ccc(F)cc1I. The number of hydrazine groups is 1. The van der Waals surface area contributed by atoms with Crippen LogP contribution >= 0.6 is 34.2 Å². The van der Waals surface area contributed by atoms with Crippen LogP contribution < -0.4 is 11.3 Å². The van der Waals surface area contributed by atoms with Gasteiger partial charge in [0.1, 0.15) is 11.6 Å². The topological polar surface area (TPSA) is 38.0 Å². The van der Waals surface area contributed by atoms with Gasteiger partial charge in [-0.3, -0.25) is 11.3 Å². The van der Waals surface area contributed by atoms with E-state index >= 15 is 0 Å². The van der Waals surface area contributed by atoms with Gasteiger partial charge in [0.15, 0.2) is 0 Å². The number of rotatable bonds is 4. The number of benzene rings is 2. The van der Waals surface area contributed by atoms with Crippen molar-refractivity contribution in [3.63, 3.8) is 0 Å². The first-order valence-corrected chi connectivity index (χ1v) is 7.32. The molecule has 0 spiro atoms. The van der Waals surface area contributed by atoms with Crippen LogP contribution in [0.25, 0.3) is 0 Å². The van der Waals surface area contributed by atoms with E-state index in [1.165, 1.54) is 24.3 Å². The highest BCUT2D eigenvalue weighted by molar-refractivity contribution is 14.1. The Kier molecular flexibility index (Phi) is 5.31. The van der Waals surface area contributed by atoms with Crippen LogP contribution in [0.15, 0.2) is 36.4 Å². The Morgan fingerprint density at radius 3 is 2.60 bits per heavy atom. The van der Waals surface area contributed by atoms with Crippen LogP contribution in [0.2, 0.25) is 5.02 Å². The summed E-state index contributed by atoms with van der Waals surface area (Å²) in [6, 6.07) is 8.47. The third-order valence-corrected chi connectivity index (χ3v) is 4.14. The molecule has 0 amide bonds. The molecule has 0 saturated heterocycles. The lowest BCUT2D eigenvalue weighted by Gasteiger charge is -2.18. The average molecular weight is 409 g/mol. The minimum Gasteiger partial charge on any atom is -0.271 e. The number of hydrogen-bond donors (Lipinski definition) is 2. The van der Waals surface area contributed by atoms with Crippen molar-refractivity contribution >= 4 is 34.2 Å². The van der Waals surface area contributed by atoms with Gasteiger partial charge in [-0.15, -0.1) is 0 Å². The fourth-order valence-electron chi connectivity index (χ4n) is 1.96. The summed E-state index contributed by atoms with van der Waals surface area (Å²) < 4.78 is 27.6. The molecule has 0 heterocycles. The van der Waals surface area contributed by atoms with Crippen molar-refractivity contribution in [2.45, 2.75) is 12.5 Å². The van der Waals surface area contributed by atoms with Crippen LogP contribution in [0.1, 0.15) is 17.2 Å². The van der Waals surface area contributed by atoms with Crippen molar-refractivity contribution < 1.29 is 8.78 Å². The fraction of sp³-hybridized carbons (Fsp3) is 0.143. The lowest BCUT2D eigenvalue weighted by atomic mass is 9.99. The first-order chi connectivity index (χ1) is 9.51. The number of halogens is 4. The second kappa shape index (κ2) is 6.80. The number of nitrogens with one attached hydrogen (secondary N) is 1. The van der Waals surface area contributed by atoms with Crippen LogP contribution in [-0.4, -0.2) is 0 Å². The van der Waals surface area contributed by atoms with Crippen LogP contribution in [0.3, 0.4) is 0 Å². The zero-order valence-corrected chi connectivity index (χ0v) is 13.3.